The fraction of sp³-hybridized carbons (Fsp3) is 0.286. The Labute approximate surface area is 153 Å². The van der Waals surface area contributed by atoms with Crippen LogP contribution in [0.2, 0.25) is 0 Å². The summed E-state index contributed by atoms with van der Waals surface area (Å²) in [6.07, 6.45) is 4.24. The number of anilines is 1. The lowest BCUT2D eigenvalue weighted by molar-refractivity contribution is -0.116. The zero-order valence-corrected chi connectivity index (χ0v) is 14.9. The normalized spacial score (nSPS) is 14.6. The van der Waals surface area contributed by atoms with E-state index in [0.717, 1.165) is 37.0 Å². The third-order valence-corrected chi connectivity index (χ3v) is 4.39. The fourth-order valence-electron chi connectivity index (χ4n) is 3.06. The molecule has 0 aliphatic heterocycles. The summed E-state index contributed by atoms with van der Waals surface area (Å²) in [6.45, 7) is 1.96. The second kappa shape index (κ2) is 8.43. The van der Waals surface area contributed by atoms with Gasteiger partial charge >= 0.3 is 0 Å². The molecule has 0 fully saturated rings. The summed E-state index contributed by atoms with van der Waals surface area (Å²) in [4.78, 5) is 23.9. The molecule has 0 saturated carbocycles. The zero-order valence-electron chi connectivity index (χ0n) is 14.9. The molecular formula is C21H23N3O2. The molecule has 2 aromatic rings. The van der Waals surface area contributed by atoms with Crippen LogP contribution in [0.5, 0.6) is 0 Å². The Morgan fingerprint density at radius 2 is 1.81 bits per heavy atom. The van der Waals surface area contributed by atoms with Crippen molar-refractivity contribution in [1.82, 2.24) is 5.43 Å². The van der Waals surface area contributed by atoms with Gasteiger partial charge in [0.2, 0.25) is 5.91 Å². The number of nitrogens with zero attached hydrogens (tertiary/aromatic N) is 1. The highest BCUT2D eigenvalue weighted by Crippen LogP contribution is 2.21. The van der Waals surface area contributed by atoms with E-state index in [9.17, 15) is 9.59 Å². The number of rotatable bonds is 5. The Morgan fingerprint density at radius 3 is 2.58 bits per heavy atom. The maximum absolute atomic E-state index is 12.3. The Bertz CT molecular complexity index is 825. The lowest BCUT2D eigenvalue weighted by Crippen LogP contribution is -2.22. The van der Waals surface area contributed by atoms with Crippen molar-refractivity contribution in [3.8, 4) is 0 Å². The fourth-order valence-corrected chi connectivity index (χ4v) is 3.06. The Balaban J connectivity index is 1.65. The van der Waals surface area contributed by atoms with Crippen molar-refractivity contribution < 1.29 is 9.59 Å². The Morgan fingerprint density at radius 1 is 1.04 bits per heavy atom. The van der Waals surface area contributed by atoms with Gasteiger partial charge in [-0.1, -0.05) is 31.2 Å². The number of carbonyl (C=O) groups is 2. The molecule has 134 valence electrons. The van der Waals surface area contributed by atoms with E-state index in [1.165, 1.54) is 5.56 Å². The lowest BCUT2D eigenvalue weighted by atomic mass is 9.90. The van der Waals surface area contributed by atoms with Gasteiger partial charge in [-0.25, -0.2) is 5.43 Å². The van der Waals surface area contributed by atoms with Crippen LogP contribution in [0.15, 0.2) is 53.6 Å². The van der Waals surface area contributed by atoms with Gasteiger partial charge in [-0.3, -0.25) is 9.59 Å². The molecule has 5 heteroatoms. The maximum atomic E-state index is 12.3. The lowest BCUT2D eigenvalue weighted by Gasteiger charge is -2.17. The molecule has 2 amide bonds. The molecule has 3 rings (SSSR count). The first kappa shape index (κ1) is 17.9. The van der Waals surface area contributed by atoms with Crippen LogP contribution in [0.25, 0.3) is 0 Å². The Hall–Kier alpha value is -2.95. The number of nitrogens with one attached hydrogen (secondary N) is 2. The van der Waals surface area contributed by atoms with E-state index in [-0.39, 0.29) is 11.8 Å². The molecule has 0 aromatic heterocycles. The SMILES string of the molecule is CCCC(=O)Nc1ccc(C(=O)NN=C2CCCc3ccccc32)cc1. The largest absolute Gasteiger partial charge is 0.326 e. The van der Waals surface area contributed by atoms with Gasteiger partial charge in [0.1, 0.15) is 0 Å². The summed E-state index contributed by atoms with van der Waals surface area (Å²) in [5, 5.41) is 7.15. The molecule has 0 unspecified atom stereocenters. The van der Waals surface area contributed by atoms with Crippen LogP contribution in [-0.4, -0.2) is 17.5 Å². The van der Waals surface area contributed by atoms with Crippen LogP contribution in [0.1, 0.15) is 54.1 Å². The van der Waals surface area contributed by atoms with Gasteiger partial charge in [0, 0.05) is 23.2 Å². The molecule has 0 radical (unpaired) electrons. The first-order valence-corrected chi connectivity index (χ1v) is 9.02. The quantitative estimate of drug-likeness (QED) is 0.804. The smallest absolute Gasteiger partial charge is 0.271 e. The third kappa shape index (κ3) is 4.36. The van der Waals surface area contributed by atoms with E-state index in [1.54, 1.807) is 24.3 Å². The van der Waals surface area contributed by atoms with E-state index in [4.69, 9.17) is 0 Å². The molecule has 0 spiro atoms. The van der Waals surface area contributed by atoms with Crippen LogP contribution >= 0.6 is 0 Å². The van der Waals surface area contributed by atoms with Crippen molar-refractivity contribution in [2.75, 3.05) is 5.32 Å². The predicted molar refractivity (Wildman–Crippen MR) is 103 cm³/mol. The average Bonchev–Trinajstić information content (AvgIpc) is 2.67. The van der Waals surface area contributed by atoms with Crippen molar-refractivity contribution in [3.05, 3.63) is 65.2 Å². The van der Waals surface area contributed by atoms with Crippen molar-refractivity contribution >= 4 is 23.2 Å². The van der Waals surface area contributed by atoms with E-state index in [2.05, 4.69) is 21.9 Å². The van der Waals surface area contributed by atoms with Gasteiger partial charge in [-0.2, -0.15) is 5.10 Å². The second-order valence-electron chi connectivity index (χ2n) is 6.39. The first-order valence-electron chi connectivity index (χ1n) is 9.02. The first-order chi connectivity index (χ1) is 12.7. The maximum Gasteiger partial charge on any atom is 0.271 e. The Kier molecular flexibility index (Phi) is 5.79. The van der Waals surface area contributed by atoms with Crippen LogP contribution in [0.4, 0.5) is 5.69 Å². The van der Waals surface area contributed by atoms with Gasteiger partial charge in [0.15, 0.2) is 0 Å². The number of hydrogen-bond donors (Lipinski definition) is 2. The molecule has 2 aromatic carbocycles. The predicted octanol–water partition coefficient (Wildman–Crippen LogP) is 3.90. The summed E-state index contributed by atoms with van der Waals surface area (Å²) < 4.78 is 0. The summed E-state index contributed by atoms with van der Waals surface area (Å²) >= 11 is 0. The number of carbonyl (C=O) groups excluding carboxylic acids is 2. The topological polar surface area (TPSA) is 70.6 Å². The number of fused-ring (bicyclic) bond motifs is 1. The van der Waals surface area contributed by atoms with Crippen molar-refractivity contribution in [3.63, 3.8) is 0 Å². The van der Waals surface area contributed by atoms with Crippen LogP contribution in [0, 0.1) is 0 Å². The molecule has 0 saturated heterocycles. The average molecular weight is 349 g/mol. The summed E-state index contributed by atoms with van der Waals surface area (Å²) in [5.74, 6) is -0.279. The molecule has 0 heterocycles. The molecule has 0 atom stereocenters. The van der Waals surface area contributed by atoms with E-state index in [0.29, 0.717) is 17.7 Å². The zero-order chi connectivity index (χ0) is 18.4. The molecule has 26 heavy (non-hydrogen) atoms. The molecule has 1 aliphatic rings. The standard InChI is InChI=1S/C21H23N3O2/c1-2-6-20(25)22-17-13-11-16(12-14-17)21(26)24-23-19-10-5-8-15-7-3-4-9-18(15)19/h3-4,7,9,11-14H,2,5-6,8,10H2,1H3,(H,22,25)(H,24,26). The van der Waals surface area contributed by atoms with Gasteiger partial charge in [-0.05, 0) is 55.5 Å². The minimum Gasteiger partial charge on any atom is -0.326 e. The minimum atomic E-state index is -0.257. The van der Waals surface area contributed by atoms with Crippen LogP contribution in [-0.2, 0) is 11.2 Å². The number of hydrazone groups is 1. The molecule has 5 nitrogen and oxygen atoms in total. The van der Waals surface area contributed by atoms with E-state index in [1.807, 2.05) is 25.1 Å². The van der Waals surface area contributed by atoms with Crippen molar-refractivity contribution in [2.24, 2.45) is 5.10 Å². The monoisotopic (exact) mass is 349 g/mol. The van der Waals surface area contributed by atoms with Gasteiger partial charge in [-0.15, -0.1) is 0 Å². The third-order valence-electron chi connectivity index (χ3n) is 4.39. The van der Waals surface area contributed by atoms with E-state index >= 15 is 0 Å². The van der Waals surface area contributed by atoms with Crippen LogP contribution < -0.4 is 10.7 Å². The molecular weight excluding hydrogens is 326 g/mol. The van der Waals surface area contributed by atoms with Crippen molar-refractivity contribution in [1.29, 1.82) is 0 Å². The molecule has 1 aliphatic carbocycles. The van der Waals surface area contributed by atoms with E-state index < -0.39 is 0 Å². The number of hydrogen-bond acceptors (Lipinski definition) is 3. The highest BCUT2D eigenvalue weighted by Gasteiger charge is 2.15. The van der Waals surface area contributed by atoms with Gasteiger partial charge in [0.25, 0.3) is 5.91 Å². The summed E-state index contributed by atoms with van der Waals surface area (Å²) in [6, 6.07) is 15.0. The van der Waals surface area contributed by atoms with Crippen molar-refractivity contribution in [2.45, 2.75) is 39.0 Å². The van der Waals surface area contributed by atoms with Gasteiger partial charge in [0.05, 0.1) is 5.71 Å². The highest BCUT2D eigenvalue weighted by atomic mass is 16.2. The molecule has 0 bridgehead atoms. The minimum absolute atomic E-state index is 0.0212. The van der Waals surface area contributed by atoms with Crippen LogP contribution in [0.3, 0.4) is 0 Å². The summed E-state index contributed by atoms with van der Waals surface area (Å²) in [5.41, 5.74) is 7.16. The summed E-state index contributed by atoms with van der Waals surface area (Å²) in [7, 11) is 0. The second-order valence-corrected chi connectivity index (χ2v) is 6.39. The number of amides is 2. The number of aryl methyl sites for hydroxylation is 1. The highest BCUT2D eigenvalue weighted by molar-refractivity contribution is 6.04. The number of benzene rings is 2. The van der Waals surface area contributed by atoms with Gasteiger partial charge < -0.3 is 5.32 Å². The molecule has 2 N–H and O–H groups in total.